The first-order valence-electron chi connectivity index (χ1n) is 8.78. The Kier molecular flexibility index (Phi) is 6.22. The summed E-state index contributed by atoms with van der Waals surface area (Å²) in [7, 11) is 1.37. The van der Waals surface area contributed by atoms with Crippen molar-refractivity contribution < 1.29 is 37.3 Å². The van der Waals surface area contributed by atoms with Crippen LogP contribution in [-0.4, -0.2) is 66.6 Å². The maximum Gasteiger partial charge on any atom is 0.471 e. The molecule has 9 heteroatoms. The molecule has 26 heavy (non-hydrogen) atoms. The molecule has 150 valence electrons. The van der Waals surface area contributed by atoms with E-state index in [-0.39, 0.29) is 44.8 Å². The second kappa shape index (κ2) is 7.72. The van der Waals surface area contributed by atoms with Crippen molar-refractivity contribution >= 4 is 11.9 Å². The fourth-order valence-electron chi connectivity index (χ4n) is 4.23. The van der Waals surface area contributed by atoms with Crippen molar-refractivity contribution in [3.63, 3.8) is 0 Å². The van der Waals surface area contributed by atoms with Crippen LogP contribution in [0.2, 0.25) is 0 Å². The number of aliphatic carboxylic acids is 1. The second-order valence-electron chi connectivity index (χ2n) is 7.43. The van der Waals surface area contributed by atoms with Crippen molar-refractivity contribution in [1.82, 2.24) is 4.90 Å². The van der Waals surface area contributed by atoms with Gasteiger partial charge in [0.05, 0.1) is 18.1 Å². The van der Waals surface area contributed by atoms with Crippen LogP contribution in [0.15, 0.2) is 0 Å². The maximum absolute atomic E-state index is 13.3. The second-order valence-corrected chi connectivity index (χ2v) is 7.43. The minimum Gasteiger partial charge on any atom is -0.481 e. The van der Waals surface area contributed by atoms with Crippen LogP contribution in [0.3, 0.4) is 0 Å². The SMILES string of the molecule is CO[C@H]1COCC[C@H]1N(C(=O)C(F)(F)F)C1CC[C@@](C(=O)O)(C(C)C)C1. The van der Waals surface area contributed by atoms with Crippen LogP contribution in [0, 0.1) is 11.3 Å². The quantitative estimate of drug-likeness (QED) is 0.792. The highest BCUT2D eigenvalue weighted by Gasteiger charge is 2.55. The Bertz CT molecular complexity index is 539. The third kappa shape index (κ3) is 3.83. The Hall–Kier alpha value is -1.35. The fraction of sp³-hybridized carbons (Fsp3) is 0.882. The van der Waals surface area contributed by atoms with E-state index >= 15 is 0 Å². The molecule has 0 aromatic rings. The van der Waals surface area contributed by atoms with Crippen LogP contribution in [0.5, 0.6) is 0 Å². The largest absolute Gasteiger partial charge is 0.481 e. The van der Waals surface area contributed by atoms with Crippen molar-refractivity contribution in [2.24, 2.45) is 11.3 Å². The summed E-state index contributed by atoms with van der Waals surface area (Å²) in [4.78, 5) is 24.9. The number of hydrogen-bond donors (Lipinski definition) is 1. The number of carbonyl (C=O) groups is 2. The molecule has 0 aromatic carbocycles. The predicted molar refractivity (Wildman–Crippen MR) is 85.5 cm³/mol. The van der Waals surface area contributed by atoms with E-state index in [1.165, 1.54) is 7.11 Å². The molecule has 1 heterocycles. The lowest BCUT2D eigenvalue weighted by molar-refractivity contribution is -0.197. The highest BCUT2D eigenvalue weighted by molar-refractivity contribution is 5.83. The van der Waals surface area contributed by atoms with Gasteiger partial charge >= 0.3 is 18.1 Å². The summed E-state index contributed by atoms with van der Waals surface area (Å²) < 4.78 is 50.3. The van der Waals surface area contributed by atoms with Gasteiger partial charge in [0.25, 0.3) is 0 Å². The molecule has 1 N–H and O–H groups in total. The molecule has 6 nitrogen and oxygen atoms in total. The average Bonchev–Trinajstić information content (AvgIpc) is 3.01. The van der Waals surface area contributed by atoms with Crippen molar-refractivity contribution in [2.75, 3.05) is 20.3 Å². The lowest BCUT2D eigenvalue weighted by Gasteiger charge is -2.43. The maximum atomic E-state index is 13.3. The van der Waals surface area contributed by atoms with E-state index in [2.05, 4.69) is 0 Å². The van der Waals surface area contributed by atoms with E-state index < -0.39 is 41.7 Å². The van der Waals surface area contributed by atoms with Crippen LogP contribution in [0.25, 0.3) is 0 Å². The highest BCUT2D eigenvalue weighted by atomic mass is 19.4. The molecule has 1 unspecified atom stereocenters. The number of methoxy groups -OCH3 is 1. The van der Waals surface area contributed by atoms with E-state index in [9.17, 15) is 27.9 Å². The Morgan fingerprint density at radius 3 is 2.42 bits per heavy atom. The lowest BCUT2D eigenvalue weighted by Crippen LogP contribution is -2.58. The average molecular weight is 381 g/mol. The smallest absolute Gasteiger partial charge is 0.471 e. The van der Waals surface area contributed by atoms with Gasteiger partial charge in [-0.05, 0) is 31.6 Å². The molecule has 0 aromatic heterocycles. The first-order valence-corrected chi connectivity index (χ1v) is 8.78. The Labute approximate surface area is 150 Å². The third-order valence-corrected chi connectivity index (χ3v) is 5.85. The summed E-state index contributed by atoms with van der Waals surface area (Å²) in [5, 5.41) is 9.67. The Morgan fingerprint density at radius 1 is 1.31 bits per heavy atom. The van der Waals surface area contributed by atoms with Gasteiger partial charge in [-0.15, -0.1) is 0 Å². The standard InChI is InChI=1S/C17H26F3NO5/c1-10(2)16(15(23)24)6-4-11(8-16)21(14(22)17(18,19)20)12-5-7-26-9-13(12)25-3/h10-13H,4-9H2,1-3H3,(H,23,24)/t11?,12-,13+,16+/m1/s1. The minimum absolute atomic E-state index is 0.00954. The van der Waals surface area contributed by atoms with E-state index in [0.717, 1.165) is 4.90 Å². The molecule has 0 radical (unpaired) electrons. The van der Waals surface area contributed by atoms with Crippen LogP contribution < -0.4 is 0 Å². The van der Waals surface area contributed by atoms with Gasteiger partial charge in [0.2, 0.25) is 0 Å². The number of alkyl halides is 3. The molecule has 2 rings (SSSR count). The molecule has 2 aliphatic rings. The highest BCUT2D eigenvalue weighted by Crippen LogP contribution is 2.47. The summed E-state index contributed by atoms with van der Waals surface area (Å²) >= 11 is 0. The number of rotatable bonds is 5. The number of nitrogens with zero attached hydrogens (tertiary/aromatic N) is 1. The zero-order valence-corrected chi connectivity index (χ0v) is 15.2. The number of ether oxygens (including phenoxy) is 2. The number of hydrogen-bond acceptors (Lipinski definition) is 4. The first kappa shape index (κ1) is 21.0. The zero-order chi connectivity index (χ0) is 19.7. The van der Waals surface area contributed by atoms with Crippen LogP contribution in [0.1, 0.15) is 39.5 Å². The summed E-state index contributed by atoms with van der Waals surface area (Å²) in [5.74, 6) is -3.20. The third-order valence-electron chi connectivity index (χ3n) is 5.85. The van der Waals surface area contributed by atoms with Crippen molar-refractivity contribution in [3.05, 3.63) is 0 Å². The van der Waals surface area contributed by atoms with Gasteiger partial charge in [0, 0.05) is 19.8 Å². The molecule has 0 bridgehead atoms. The number of carbonyl (C=O) groups excluding carboxylic acids is 1. The van der Waals surface area contributed by atoms with Crippen LogP contribution in [-0.2, 0) is 19.1 Å². The number of carboxylic acids is 1. The molecule has 1 saturated heterocycles. The summed E-state index contributed by atoms with van der Waals surface area (Å²) in [6, 6.07) is -1.58. The fourth-order valence-corrected chi connectivity index (χ4v) is 4.23. The van der Waals surface area contributed by atoms with E-state index in [0.29, 0.717) is 0 Å². The predicted octanol–water partition coefficient (Wildman–Crippen LogP) is 2.46. The molecule has 1 aliphatic heterocycles. The Morgan fingerprint density at radius 2 is 1.96 bits per heavy atom. The van der Waals surface area contributed by atoms with Crippen molar-refractivity contribution in [2.45, 2.75) is 63.9 Å². The van der Waals surface area contributed by atoms with Gasteiger partial charge in [-0.3, -0.25) is 9.59 Å². The summed E-state index contributed by atoms with van der Waals surface area (Å²) in [5.41, 5.74) is -1.12. The topological polar surface area (TPSA) is 76.1 Å². The van der Waals surface area contributed by atoms with E-state index in [4.69, 9.17) is 9.47 Å². The minimum atomic E-state index is -5.02. The zero-order valence-electron chi connectivity index (χ0n) is 15.2. The van der Waals surface area contributed by atoms with Gasteiger partial charge in [-0.2, -0.15) is 13.2 Å². The normalized spacial score (nSPS) is 32.7. The van der Waals surface area contributed by atoms with Crippen LogP contribution in [0.4, 0.5) is 13.2 Å². The van der Waals surface area contributed by atoms with Gasteiger partial charge in [0.1, 0.15) is 6.10 Å². The van der Waals surface area contributed by atoms with Crippen molar-refractivity contribution in [1.29, 1.82) is 0 Å². The van der Waals surface area contributed by atoms with Gasteiger partial charge in [-0.25, -0.2) is 0 Å². The monoisotopic (exact) mass is 381 g/mol. The molecule has 0 spiro atoms. The lowest BCUT2D eigenvalue weighted by atomic mass is 9.75. The van der Waals surface area contributed by atoms with Gasteiger partial charge in [0.15, 0.2) is 0 Å². The molecular weight excluding hydrogens is 355 g/mol. The first-order chi connectivity index (χ1) is 12.0. The van der Waals surface area contributed by atoms with Gasteiger partial charge in [-0.1, -0.05) is 13.8 Å². The molecule has 1 saturated carbocycles. The molecule has 1 aliphatic carbocycles. The molecular formula is C17H26F3NO5. The van der Waals surface area contributed by atoms with Crippen molar-refractivity contribution in [3.8, 4) is 0 Å². The molecule has 1 amide bonds. The number of halogens is 3. The van der Waals surface area contributed by atoms with E-state index in [1.54, 1.807) is 13.8 Å². The van der Waals surface area contributed by atoms with Gasteiger partial charge < -0.3 is 19.5 Å². The number of carboxylic acid groups (broad SMARTS) is 1. The van der Waals surface area contributed by atoms with Crippen LogP contribution >= 0.6 is 0 Å². The molecule has 4 atom stereocenters. The number of amides is 1. The Balaban J connectivity index is 2.36. The summed E-state index contributed by atoms with van der Waals surface area (Å²) in [6.07, 6.45) is -5.00. The summed E-state index contributed by atoms with van der Waals surface area (Å²) in [6.45, 7) is 3.83. The van der Waals surface area contributed by atoms with E-state index in [1.807, 2.05) is 0 Å². The molecule has 2 fully saturated rings.